The molecule has 5 heteroatoms. The Kier molecular flexibility index (Phi) is 6.08. The van der Waals surface area contributed by atoms with Gasteiger partial charge in [0.25, 0.3) is 0 Å². The van der Waals surface area contributed by atoms with Gasteiger partial charge in [0.05, 0.1) is 24.2 Å². The molecular formula is C29H28N2O3. The average molecular weight is 453 g/mol. The number of hydrogen-bond acceptors (Lipinski definition) is 5. The van der Waals surface area contributed by atoms with Crippen LogP contribution in [-0.2, 0) is 4.74 Å². The maximum absolute atomic E-state index is 13.3. The number of rotatable bonds is 6. The third-order valence-electron chi connectivity index (χ3n) is 7.31. The van der Waals surface area contributed by atoms with E-state index in [1.807, 2.05) is 24.3 Å². The lowest BCUT2D eigenvalue weighted by Crippen LogP contribution is -2.55. The molecule has 5 atom stereocenters. The van der Waals surface area contributed by atoms with Crippen LogP contribution in [0.4, 0.5) is 0 Å². The normalized spacial score (nSPS) is 24.2. The summed E-state index contributed by atoms with van der Waals surface area (Å²) in [5.74, 6) is 4.00. The molecule has 0 saturated carbocycles. The van der Waals surface area contributed by atoms with Crippen LogP contribution in [0.3, 0.4) is 0 Å². The number of methoxy groups -OCH3 is 1. The van der Waals surface area contributed by atoms with Crippen molar-refractivity contribution in [3.8, 4) is 18.1 Å². The van der Waals surface area contributed by atoms with Gasteiger partial charge in [-0.1, -0.05) is 12.0 Å². The Morgan fingerprint density at radius 1 is 1.26 bits per heavy atom. The molecule has 0 aliphatic carbocycles. The molecule has 3 aromatic rings. The standard InChI is InChI=1S/C29H28N2O3/c1-4-19-6-8-21(9-7-19)29(32)34-28(27-16-22-13-15-31(27)18-20(22)5-2)24-12-14-30-26-11-10-23(33-3)17-25(24)26/h1,5-12,14,17,20,22,27-28H,2,13,15-16,18H2,3H3/t20?,22?,27?,28-/m1/s1. The molecule has 4 heterocycles. The molecule has 3 aliphatic rings. The molecule has 3 aliphatic heterocycles. The molecule has 0 spiro atoms. The second kappa shape index (κ2) is 9.32. The highest BCUT2D eigenvalue weighted by Crippen LogP contribution is 2.44. The molecule has 172 valence electrons. The van der Waals surface area contributed by atoms with E-state index in [1.54, 1.807) is 37.6 Å². The van der Waals surface area contributed by atoms with Crippen LogP contribution >= 0.6 is 0 Å². The molecule has 1 aromatic heterocycles. The molecule has 0 amide bonds. The van der Waals surface area contributed by atoms with E-state index in [-0.39, 0.29) is 12.0 Å². The largest absolute Gasteiger partial charge is 0.497 e. The number of piperidine rings is 3. The van der Waals surface area contributed by atoms with E-state index < -0.39 is 6.10 Å². The minimum atomic E-state index is -0.439. The summed E-state index contributed by atoms with van der Waals surface area (Å²) in [7, 11) is 1.65. The number of benzene rings is 2. The van der Waals surface area contributed by atoms with Crippen LogP contribution in [0.2, 0.25) is 0 Å². The van der Waals surface area contributed by atoms with Gasteiger partial charge in [-0.25, -0.2) is 4.79 Å². The molecule has 2 aromatic carbocycles. The fourth-order valence-corrected chi connectivity index (χ4v) is 5.45. The first-order valence-corrected chi connectivity index (χ1v) is 11.7. The molecule has 6 rings (SSSR count). The van der Waals surface area contributed by atoms with Gasteiger partial charge < -0.3 is 9.47 Å². The zero-order chi connectivity index (χ0) is 23.7. The molecule has 4 unspecified atom stereocenters. The number of nitrogens with zero attached hydrogens (tertiary/aromatic N) is 2. The highest BCUT2D eigenvalue weighted by molar-refractivity contribution is 5.90. The fraction of sp³-hybridized carbons (Fsp3) is 0.310. The van der Waals surface area contributed by atoms with Gasteiger partial charge in [-0.3, -0.25) is 9.88 Å². The summed E-state index contributed by atoms with van der Waals surface area (Å²) >= 11 is 0. The van der Waals surface area contributed by atoms with Gasteiger partial charge in [0, 0.05) is 29.3 Å². The van der Waals surface area contributed by atoms with Crippen molar-refractivity contribution in [1.82, 2.24) is 9.88 Å². The lowest BCUT2D eigenvalue weighted by atomic mass is 9.73. The van der Waals surface area contributed by atoms with Gasteiger partial charge in [0.15, 0.2) is 0 Å². The molecule has 3 fully saturated rings. The Morgan fingerprint density at radius 3 is 2.76 bits per heavy atom. The summed E-state index contributed by atoms with van der Waals surface area (Å²) in [6, 6.07) is 14.8. The van der Waals surface area contributed by atoms with Gasteiger partial charge in [-0.05, 0) is 79.8 Å². The van der Waals surface area contributed by atoms with Crippen molar-refractivity contribution in [3.63, 3.8) is 0 Å². The summed E-state index contributed by atoms with van der Waals surface area (Å²) in [5.41, 5.74) is 3.01. The second-order valence-corrected chi connectivity index (χ2v) is 9.08. The Morgan fingerprint density at radius 2 is 2.09 bits per heavy atom. The maximum Gasteiger partial charge on any atom is 0.338 e. The quantitative estimate of drug-likeness (QED) is 0.299. The number of carbonyl (C=O) groups excluding carboxylic acids is 1. The number of fused-ring (bicyclic) bond motifs is 4. The minimum absolute atomic E-state index is 0.0840. The number of hydrogen-bond donors (Lipinski definition) is 0. The van der Waals surface area contributed by atoms with Crippen LogP contribution < -0.4 is 4.74 Å². The summed E-state index contributed by atoms with van der Waals surface area (Å²) < 4.78 is 11.8. The van der Waals surface area contributed by atoms with Crippen LogP contribution in [0.1, 0.15) is 40.4 Å². The van der Waals surface area contributed by atoms with E-state index in [1.165, 1.54) is 0 Å². The van der Waals surface area contributed by atoms with Crippen molar-refractivity contribution in [2.24, 2.45) is 11.8 Å². The smallest absolute Gasteiger partial charge is 0.338 e. The van der Waals surface area contributed by atoms with Crippen LogP contribution in [0, 0.1) is 24.2 Å². The predicted molar refractivity (Wildman–Crippen MR) is 133 cm³/mol. The molecule has 5 nitrogen and oxygen atoms in total. The first-order valence-electron chi connectivity index (χ1n) is 11.7. The zero-order valence-electron chi connectivity index (χ0n) is 19.3. The zero-order valence-corrected chi connectivity index (χ0v) is 19.3. The first-order chi connectivity index (χ1) is 16.6. The summed E-state index contributed by atoms with van der Waals surface area (Å²) in [5, 5.41) is 0.935. The summed E-state index contributed by atoms with van der Waals surface area (Å²) in [6.45, 7) is 5.98. The van der Waals surface area contributed by atoms with E-state index in [0.717, 1.165) is 53.7 Å². The van der Waals surface area contributed by atoms with Crippen molar-refractivity contribution >= 4 is 16.9 Å². The van der Waals surface area contributed by atoms with Gasteiger partial charge in [-0.15, -0.1) is 13.0 Å². The number of terminal acetylenes is 1. The van der Waals surface area contributed by atoms with E-state index in [0.29, 0.717) is 17.4 Å². The number of pyridine rings is 1. The van der Waals surface area contributed by atoms with Crippen LogP contribution in [0.25, 0.3) is 10.9 Å². The van der Waals surface area contributed by atoms with Crippen molar-refractivity contribution in [1.29, 1.82) is 0 Å². The third kappa shape index (κ3) is 4.06. The van der Waals surface area contributed by atoms with Gasteiger partial charge >= 0.3 is 5.97 Å². The number of aromatic nitrogens is 1. The minimum Gasteiger partial charge on any atom is -0.497 e. The number of ether oxygens (including phenoxy) is 2. The summed E-state index contributed by atoms with van der Waals surface area (Å²) in [4.78, 5) is 20.3. The maximum atomic E-state index is 13.3. The van der Waals surface area contributed by atoms with E-state index in [9.17, 15) is 4.79 Å². The average Bonchev–Trinajstić information content (AvgIpc) is 2.91. The molecule has 0 radical (unpaired) electrons. The lowest BCUT2D eigenvalue weighted by Gasteiger charge is -2.51. The molecular weight excluding hydrogens is 424 g/mol. The molecule has 3 saturated heterocycles. The first kappa shape index (κ1) is 22.2. The summed E-state index contributed by atoms with van der Waals surface area (Å²) in [6.07, 6.45) is 11.0. The van der Waals surface area contributed by atoms with E-state index in [4.69, 9.17) is 15.9 Å². The highest BCUT2D eigenvalue weighted by atomic mass is 16.5. The van der Waals surface area contributed by atoms with Crippen molar-refractivity contribution in [2.75, 3.05) is 20.2 Å². The van der Waals surface area contributed by atoms with Gasteiger partial charge in [-0.2, -0.15) is 0 Å². The van der Waals surface area contributed by atoms with E-state index in [2.05, 4.69) is 28.5 Å². The Labute approximate surface area is 200 Å². The monoisotopic (exact) mass is 452 g/mol. The van der Waals surface area contributed by atoms with E-state index >= 15 is 0 Å². The lowest BCUT2D eigenvalue weighted by molar-refractivity contribution is -0.0568. The Hall–Kier alpha value is -3.62. The van der Waals surface area contributed by atoms with Gasteiger partial charge in [0.2, 0.25) is 0 Å². The number of esters is 1. The Balaban J connectivity index is 1.55. The van der Waals surface area contributed by atoms with Crippen LogP contribution in [-0.4, -0.2) is 42.1 Å². The SMILES string of the molecule is C#Cc1ccc(C(=O)O[C@H](c2ccnc3ccc(OC)cc23)C2CC3CCN2CC3C=C)cc1. The van der Waals surface area contributed by atoms with Crippen molar-refractivity contribution in [3.05, 3.63) is 84.1 Å². The fourth-order valence-electron chi connectivity index (χ4n) is 5.45. The predicted octanol–water partition coefficient (Wildman–Crippen LogP) is 5.02. The molecule has 2 bridgehead atoms. The number of carbonyl (C=O) groups is 1. The second-order valence-electron chi connectivity index (χ2n) is 9.08. The topological polar surface area (TPSA) is 51.7 Å². The van der Waals surface area contributed by atoms with Gasteiger partial charge in [0.1, 0.15) is 11.9 Å². The van der Waals surface area contributed by atoms with Crippen LogP contribution in [0.5, 0.6) is 5.75 Å². The van der Waals surface area contributed by atoms with Crippen molar-refractivity contribution in [2.45, 2.75) is 25.0 Å². The Bertz CT molecular complexity index is 1260. The van der Waals surface area contributed by atoms with Crippen LogP contribution in [0.15, 0.2) is 67.4 Å². The third-order valence-corrected chi connectivity index (χ3v) is 7.31. The highest BCUT2D eigenvalue weighted by Gasteiger charge is 2.44. The molecule has 0 N–H and O–H groups in total. The molecule has 34 heavy (non-hydrogen) atoms. The van der Waals surface area contributed by atoms with Crippen molar-refractivity contribution < 1.29 is 14.3 Å².